The van der Waals surface area contributed by atoms with Crippen molar-refractivity contribution in [3.63, 3.8) is 0 Å². The number of rotatable bonds is 11. The van der Waals surface area contributed by atoms with Crippen LogP contribution in [0.1, 0.15) is 47.1 Å². The summed E-state index contributed by atoms with van der Waals surface area (Å²) in [6, 6.07) is 17.5. The molecule has 0 unspecified atom stereocenters. The third-order valence-electron chi connectivity index (χ3n) is 5.70. The maximum Gasteiger partial charge on any atom is 0.416 e. The number of nitrogens with zero attached hydrogens (tertiary/aromatic N) is 3. The molecule has 0 saturated heterocycles. The number of thioether (sulfide) groups is 1. The highest BCUT2D eigenvalue weighted by molar-refractivity contribution is 7.98. The number of unbranched alkanes of at least 4 members (excludes halogenated alkanes) is 1. The summed E-state index contributed by atoms with van der Waals surface area (Å²) in [4.78, 5) is 12.8. The van der Waals surface area contributed by atoms with Gasteiger partial charge in [-0.15, -0.1) is 10.2 Å². The predicted octanol–water partition coefficient (Wildman–Crippen LogP) is 6.83. The van der Waals surface area contributed by atoms with Gasteiger partial charge in [0, 0.05) is 17.0 Å². The second-order valence-electron chi connectivity index (χ2n) is 8.61. The van der Waals surface area contributed by atoms with E-state index in [0.29, 0.717) is 40.2 Å². The van der Waals surface area contributed by atoms with Crippen LogP contribution in [0.4, 0.5) is 17.6 Å². The van der Waals surface area contributed by atoms with Crippen LogP contribution in [0.15, 0.2) is 78.0 Å². The molecule has 1 aromatic heterocycles. The number of carbonyl (C=O) groups is 1. The summed E-state index contributed by atoms with van der Waals surface area (Å²) in [6.07, 6.45) is -2.48. The standard InChI is InChI=1S/C28H26F4N4O2S/c1-2-3-15-38-24-13-7-20(8-14-24)26(37)33-17-25-34-35-27(36(25)23-11-9-22(29)10-12-23)39-18-19-5-4-6-21(16-19)28(30,31)32/h4-14,16H,2-3,15,17-18H2,1H3,(H,33,37). The van der Waals surface area contributed by atoms with Gasteiger partial charge in [-0.05, 0) is 66.6 Å². The van der Waals surface area contributed by atoms with Gasteiger partial charge in [-0.1, -0.05) is 43.3 Å². The highest BCUT2D eigenvalue weighted by Crippen LogP contribution is 2.31. The van der Waals surface area contributed by atoms with E-state index in [2.05, 4.69) is 22.4 Å². The molecule has 0 aliphatic heterocycles. The van der Waals surface area contributed by atoms with E-state index in [1.54, 1.807) is 34.9 Å². The normalized spacial score (nSPS) is 11.4. The minimum absolute atomic E-state index is 0.0160. The fourth-order valence-corrected chi connectivity index (χ4v) is 4.56. The Hall–Kier alpha value is -3.86. The van der Waals surface area contributed by atoms with Gasteiger partial charge in [0.25, 0.3) is 5.91 Å². The fourth-order valence-electron chi connectivity index (χ4n) is 3.64. The van der Waals surface area contributed by atoms with Crippen molar-refractivity contribution in [3.8, 4) is 11.4 Å². The highest BCUT2D eigenvalue weighted by atomic mass is 32.2. The highest BCUT2D eigenvalue weighted by Gasteiger charge is 2.30. The summed E-state index contributed by atoms with van der Waals surface area (Å²) >= 11 is 1.18. The molecule has 1 heterocycles. The quantitative estimate of drug-likeness (QED) is 0.124. The predicted molar refractivity (Wildman–Crippen MR) is 140 cm³/mol. The summed E-state index contributed by atoms with van der Waals surface area (Å²) in [5, 5.41) is 11.6. The Balaban J connectivity index is 1.49. The molecule has 0 radical (unpaired) electrons. The van der Waals surface area contributed by atoms with Crippen LogP contribution < -0.4 is 10.1 Å². The lowest BCUT2D eigenvalue weighted by Gasteiger charge is -2.12. The first-order valence-electron chi connectivity index (χ1n) is 12.2. The van der Waals surface area contributed by atoms with Gasteiger partial charge in [0.2, 0.25) is 0 Å². The van der Waals surface area contributed by atoms with Gasteiger partial charge >= 0.3 is 6.18 Å². The smallest absolute Gasteiger partial charge is 0.416 e. The zero-order chi connectivity index (χ0) is 27.8. The lowest BCUT2D eigenvalue weighted by molar-refractivity contribution is -0.137. The van der Waals surface area contributed by atoms with Crippen LogP contribution in [-0.4, -0.2) is 27.3 Å². The zero-order valence-corrected chi connectivity index (χ0v) is 21.9. The molecular formula is C28H26F4N4O2S. The summed E-state index contributed by atoms with van der Waals surface area (Å²) < 4.78 is 60.2. The molecule has 0 spiro atoms. The molecule has 4 rings (SSSR count). The van der Waals surface area contributed by atoms with Gasteiger partial charge in [0.05, 0.1) is 18.7 Å². The van der Waals surface area contributed by atoms with Crippen molar-refractivity contribution in [2.24, 2.45) is 0 Å². The Morgan fingerprint density at radius 1 is 1.03 bits per heavy atom. The number of hydrogen-bond donors (Lipinski definition) is 1. The average Bonchev–Trinajstić information content (AvgIpc) is 3.34. The first-order valence-corrected chi connectivity index (χ1v) is 13.2. The van der Waals surface area contributed by atoms with Gasteiger partial charge in [-0.3, -0.25) is 9.36 Å². The van der Waals surface area contributed by atoms with Crippen LogP contribution in [0.2, 0.25) is 0 Å². The molecule has 6 nitrogen and oxygen atoms in total. The Labute approximate surface area is 227 Å². The van der Waals surface area contributed by atoms with Crippen molar-refractivity contribution in [3.05, 3.63) is 101 Å². The molecule has 1 N–H and O–H groups in total. The number of aromatic nitrogens is 3. The van der Waals surface area contributed by atoms with Crippen LogP contribution in [0.5, 0.6) is 5.75 Å². The zero-order valence-electron chi connectivity index (χ0n) is 21.0. The molecule has 0 aliphatic rings. The third-order valence-corrected chi connectivity index (χ3v) is 6.70. The van der Waals surface area contributed by atoms with Crippen LogP contribution in [0.3, 0.4) is 0 Å². The van der Waals surface area contributed by atoms with E-state index in [1.807, 2.05) is 0 Å². The molecular weight excluding hydrogens is 532 g/mol. The molecule has 4 aromatic rings. The number of alkyl halides is 3. The molecule has 0 bridgehead atoms. The van der Waals surface area contributed by atoms with Gasteiger partial charge in [-0.2, -0.15) is 13.2 Å². The largest absolute Gasteiger partial charge is 0.494 e. The lowest BCUT2D eigenvalue weighted by Crippen LogP contribution is -2.24. The van der Waals surface area contributed by atoms with E-state index < -0.39 is 17.6 Å². The number of amides is 1. The fraction of sp³-hybridized carbons (Fsp3) is 0.250. The molecule has 0 aliphatic carbocycles. The topological polar surface area (TPSA) is 69.0 Å². The van der Waals surface area contributed by atoms with Gasteiger partial charge in [-0.25, -0.2) is 4.39 Å². The third kappa shape index (κ3) is 7.60. The monoisotopic (exact) mass is 558 g/mol. The van der Waals surface area contributed by atoms with Crippen LogP contribution in [0.25, 0.3) is 5.69 Å². The van der Waals surface area contributed by atoms with Gasteiger partial charge in [0.1, 0.15) is 11.6 Å². The van der Waals surface area contributed by atoms with E-state index in [1.165, 1.54) is 42.1 Å². The average molecular weight is 559 g/mol. The van der Waals surface area contributed by atoms with Crippen molar-refractivity contribution in [2.45, 2.75) is 43.4 Å². The SMILES string of the molecule is CCCCOc1ccc(C(=O)NCc2nnc(SCc3cccc(C(F)(F)F)c3)n2-c2ccc(F)cc2)cc1. The van der Waals surface area contributed by atoms with Gasteiger partial charge in [0.15, 0.2) is 11.0 Å². The van der Waals surface area contributed by atoms with Crippen LogP contribution >= 0.6 is 11.8 Å². The number of nitrogens with one attached hydrogen (secondary N) is 1. The first-order chi connectivity index (χ1) is 18.7. The second kappa shape index (κ2) is 12.8. The molecule has 1 amide bonds. The Morgan fingerprint density at radius 2 is 1.77 bits per heavy atom. The lowest BCUT2D eigenvalue weighted by atomic mass is 10.1. The van der Waals surface area contributed by atoms with Crippen molar-refractivity contribution in [1.29, 1.82) is 0 Å². The van der Waals surface area contributed by atoms with Gasteiger partial charge < -0.3 is 10.1 Å². The number of halogens is 4. The molecule has 0 fully saturated rings. The Bertz CT molecular complexity index is 1390. The van der Waals surface area contributed by atoms with E-state index in [0.717, 1.165) is 25.0 Å². The van der Waals surface area contributed by atoms with E-state index >= 15 is 0 Å². The maximum atomic E-state index is 13.6. The number of ether oxygens (including phenoxy) is 1. The number of hydrogen-bond acceptors (Lipinski definition) is 5. The summed E-state index contributed by atoms with van der Waals surface area (Å²) in [7, 11) is 0. The van der Waals surface area contributed by atoms with Crippen molar-refractivity contribution < 1.29 is 27.1 Å². The van der Waals surface area contributed by atoms with Crippen molar-refractivity contribution in [2.75, 3.05) is 6.61 Å². The van der Waals surface area contributed by atoms with Crippen LogP contribution in [-0.2, 0) is 18.5 Å². The summed E-state index contributed by atoms with van der Waals surface area (Å²) in [5.41, 5.74) is 0.709. The Kier molecular flexibility index (Phi) is 9.23. The molecule has 3 aromatic carbocycles. The minimum Gasteiger partial charge on any atom is -0.494 e. The molecule has 204 valence electrons. The minimum atomic E-state index is -4.44. The Morgan fingerprint density at radius 3 is 2.46 bits per heavy atom. The second-order valence-corrected chi connectivity index (χ2v) is 9.55. The molecule has 11 heteroatoms. The summed E-state index contributed by atoms with van der Waals surface area (Å²) in [6.45, 7) is 2.70. The van der Waals surface area contributed by atoms with E-state index in [9.17, 15) is 22.4 Å². The van der Waals surface area contributed by atoms with E-state index in [4.69, 9.17) is 4.74 Å². The number of carbonyl (C=O) groups excluding carboxylic acids is 1. The number of benzene rings is 3. The molecule has 39 heavy (non-hydrogen) atoms. The molecule has 0 saturated carbocycles. The van der Waals surface area contributed by atoms with Crippen LogP contribution in [0, 0.1) is 5.82 Å². The molecule has 0 atom stereocenters. The van der Waals surface area contributed by atoms with Crippen molar-refractivity contribution >= 4 is 17.7 Å². The maximum absolute atomic E-state index is 13.6. The first kappa shape index (κ1) is 28.2. The van der Waals surface area contributed by atoms with Crippen molar-refractivity contribution in [1.82, 2.24) is 20.1 Å². The summed E-state index contributed by atoms with van der Waals surface area (Å²) in [5.74, 6) is 0.492. The van der Waals surface area contributed by atoms with E-state index in [-0.39, 0.29) is 18.2 Å².